The Kier molecular flexibility index (Phi) is 4.74. The van der Waals surface area contributed by atoms with Crippen molar-refractivity contribution in [2.45, 2.75) is 19.3 Å². The molecule has 0 heterocycles. The molecular weight excluding hydrogens is 249 g/mol. The molecule has 0 bridgehead atoms. The van der Waals surface area contributed by atoms with Crippen molar-refractivity contribution in [2.75, 3.05) is 25.1 Å². The Morgan fingerprint density at radius 2 is 2.26 bits per heavy atom. The molecule has 0 spiro atoms. The van der Waals surface area contributed by atoms with Gasteiger partial charge in [-0.1, -0.05) is 0 Å². The van der Waals surface area contributed by atoms with Gasteiger partial charge in [0.1, 0.15) is 5.82 Å². The molecule has 1 saturated carbocycles. The van der Waals surface area contributed by atoms with E-state index in [1.54, 1.807) is 0 Å². The Hall–Kier alpha value is -1.62. The minimum absolute atomic E-state index is 0.0455. The van der Waals surface area contributed by atoms with Crippen LogP contribution in [0.1, 0.15) is 29.6 Å². The van der Waals surface area contributed by atoms with Crippen LogP contribution in [0.4, 0.5) is 10.1 Å². The van der Waals surface area contributed by atoms with Gasteiger partial charge in [-0.3, -0.25) is 0 Å². The van der Waals surface area contributed by atoms with E-state index < -0.39 is 11.8 Å². The molecule has 0 radical (unpaired) electrons. The Morgan fingerprint density at radius 1 is 1.47 bits per heavy atom. The molecule has 0 aliphatic heterocycles. The Labute approximate surface area is 111 Å². The molecule has 0 amide bonds. The molecule has 0 aromatic heterocycles. The number of carboxylic acid groups (broad SMARTS) is 1. The predicted octanol–water partition coefficient (Wildman–Crippen LogP) is 2.75. The highest BCUT2D eigenvalue weighted by Gasteiger charge is 2.20. The first-order valence-corrected chi connectivity index (χ1v) is 6.51. The van der Waals surface area contributed by atoms with E-state index in [4.69, 9.17) is 9.84 Å². The molecule has 0 unspecified atom stereocenters. The third-order valence-corrected chi connectivity index (χ3v) is 3.05. The Morgan fingerprint density at radius 3 is 2.89 bits per heavy atom. The number of ether oxygens (including phenoxy) is 1. The van der Waals surface area contributed by atoms with E-state index in [2.05, 4.69) is 5.32 Å². The number of aromatic carboxylic acids is 1. The monoisotopic (exact) mass is 267 g/mol. The number of hydrogen-bond donors (Lipinski definition) is 2. The lowest BCUT2D eigenvalue weighted by molar-refractivity contribution is 0.0696. The second-order valence-electron chi connectivity index (χ2n) is 4.80. The molecule has 104 valence electrons. The lowest BCUT2D eigenvalue weighted by Crippen LogP contribution is -2.08. The molecule has 4 nitrogen and oxygen atoms in total. The van der Waals surface area contributed by atoms with Gasteiger partial charge in [0.15, 0.2) is 0 Å². The number of hydrogen-bond acceptors (Lipinski definition) is 3. The third-order valence-electron chi connectivity index (χ3n) is 3.05. The molecule has 0 saturated heterocycles. The van der Waals surface area contributed by atoms with Crippen LogP contribution in [0.15, 0.2) is 18.2 Å². The summed E-state index contributed by atoms with van der Waals surface area (Å²) in [6, 6.07) is 3.86. The minimum atomic E-state index is -1.13. The van der Waals surface area contributed by atoms with Crippen molar-refractivity contribution in [2.24, 2.45) is 5.92 Å². The molecule has 1 aliphatic carbocycles. The number of carboxylic acids is 1. The van der Waals surface area contributed by atoms with Crippen LogP contribution in [0.3, 0.4) is 0 Å². The molecule has 1 aromatic rings. The van der Waals surface area contributed by atoms with E-state index in [0.717, 1.165) is 25.0 Å². The van der Waals surface area contributed by atoms with Crippen molar-refractivity contribution in [3.8, 4) is 0 Å². The van der Waals surface area contributed by atoms with Crippen LogP contribution in [0.2, 0.25) is 0 Å². The van der Waals surface area contributed by atoms with E-state index >= 15 is 0 Å². The van der Waals surface area contributed by atoms with Crippen molar-refractivity contribution >= 4 is 11.7 Å². The first-order chi connectivity index (χ1) is 9.16. The van der Waals surface area contributed by atoms with Crippen LogP contribution in [0, 0.1) is 11.7 Å². The summed E-state index contributed by atoms with van der Waals surface area (Å²) in [6.45, 7) is 2.11. The normalized spacial score (nSPS) is 14.4. The van der Waals surface area contributed by atoms with Crippen molar-refractivity contribution < 1.29 is 19.0 Å². The van der Waals surface area contributed by atoms with Gasteiger partial charge in [0.25, 0.3) is 0 Å². The fourth-order valence-electron chi connectivity index (χ4n) is 1.72. The maximum atomic E-state index is 13.5. The van der Waals surface area contributed by atoms with Crippen molar-refractivity contribution in [3.63, 3.8) is 0 Å². The lowest BCUT2D eigenvalue weighted by Gasteiger charge is -2.08. The second kappa shape index (κ2) is 6.52. The van der Waals surface area contributed by atoms with Crippen molar-refractivity contribution in [1.82, 2.24) is 0 Å². The van der Waals surface area contributed by atoms with Gasteiger partial charge < -0.3 is 15.2 Å². The zero-order chi connectivity index (χ0) is 13.7. The maximum Gasteiger partial charge on any atom is 0.335 e. The highest BCUT2D eigenvalue weighted by molar-refractivity contribution is 5.88. The number of carbonyl (C=O) groups is 1. The molecule has 1 aromatic carbocycles. The van der Waals surface area contributed by atoms with Gasteiger partial charge in [0.05, 0.1) is 11.3 Å². The van der Waals surface area contributed by atoms with E-state index in [9.17, 15) is 9.18 Å². The van der Waals surface area contributed by atoms with Crippen LogP contribution in [0.25, 0.3) is 0 Å². The standard InChI is InChI=1S/C14H18FNO3/c15-12-8-11(14(17)18)4-5-13(12)16-6-1-7-19-9-10-2-3-10/h4-5,8,10,16H,1-3,6-7,9H2,(H,17,18). The van der Waals surface area contributed by atoms with Crippen LogP contribution in [-0.4, -0.2) is 30.8 Å². The number of halogens is 1. The topological polar surface area (TPSA) is 58.6 Å². The zero-order valence-corrected chi connectivity index (χ0v) is 10.7. The summed E-state index contributed by atoms with van der Waals surface area (Å²) < 4.78 is 19.0. The highest BCUT2D eigenvalue weighted by atomic mass is 19.1. The van der Waals surface area contributed by atoms with E-state index in [-0.39, 0.29) is 5.56 Å². The lowest BCUT2D eigenvalue weighted by atomic mass is 10.2. The fraction of sp³-hybridized carbons (Fsp3) is 0.500. The summed E-state index contributed by atoms with van der Waals surface area (Å²) in [5.74, 6) is -0.910. The first kappa shape index (κ1) is 13.8. The summed E-state index contributed by atoms with van der Waals surface area (Å²) in [7, 11) is 0. The number of benzene rings is 1. The molecule has 2 rings (SSSR count). The zero-order valence-electron chi connectivity index (χ0n) is 10.7. The van der Waals surface area contributed by atoms with E-state index in [0.29, 0.717) is 18.8 Å². The van der Waals surface area contributed by atoms with Gasteiger partial charge in [-0.15, -0.1) is 0 Å². The van der Waals surface area contributed by atoms with Crippen molar-refractivity contribution in [3.05, 3.63) is 29.6 Å². The van der Waals surface area contributed by atoms with Crippen LogP contribution in [-0.2, 0) is 4.74 Å². The summed E-state index contributed by atoms with van der Waals surface area (Å²) in [6.07, 6.45) is 3.35. The van der Waals surface area contributed by atoms with Gasteiger partial charge in [-0.2, -0.15) is 0 Å². The summed E-state index contributed by atoms with van der Waals surface area (Å²) in [5, 5.41) is 11.7. The van der Waals surface area contributed by atoms with Gasteiger partial charge in [0, 0.05) is 19.8 Å². The molecule has 2 N–H and O–H groups in total. The second-order valence-corrected chi connectivity index (χ2v) is 4.80. The smallest absolute Gasteiger partial charge is 0.335 e. The predicted molar refractivity (Wildman–Crippen MR) is 70.0 cm³/mol. The number of anilines is 1. The van der Waals surface area contributed by atoms with Gasteiger partial charge in [-0.05, 0) is 43.4 Å². The third kappa shape index (κ3) is 4.52. The van der Waals surface area contributed by atoms with Crippen molar-refractivity contribution in [1.29, 1.82) is 0 Å². The molecule has 1 fully saturated rings. The molecule has 19 heavy (non-hydrogen) atoms. The van der Waals surface area contributed by atoms with Gasteiger partial charge >= 0.3 is 5.97 Å². The average molecular weight is 267 g/mol. The number of rotatable bonds is 8. The summed E-state index contributed by atoms with van der Waals surface area (Å²) in [5.41, 5.74) is 0.281. The number of nitrogens with one attached hydrogen (secondary N) is 1. The molecule has 0 atom stereocenters. The van der Waals surface area contributed by atoms with E-state index in [1.165, 1.54) is 25.0 Å². The quantitative estimate of drug-likeness (QED) is 0.711. The maximum absolute atomic E-state index is 13.5. The summed E-state index contributed by atoms with van der Waals surface area (Å²) in [4.78, 5) is 10.7. The first-order valence-electron chi connectivity index (χ1n) is 6.51. The Bertz CT molecular complexity index is 446. The fourth-order valence-corrected chi connectivity index (χ4v) is 1.72. The van der Waals surface area contributed by atoms with Crippen LogP contribution < -0.4 is 5.32 Å². The van der Waals surface area contributed by atoms with Crippen LogP contribution in [0.5, 0.6) is 0 Å². The Balaban J connectivity index is 1.68. The SMILES string of the molecule is O=C(O)c1ccc(NCCCOCC2CC2)c(F)c1. The molecule has 5 heteroatoms. The summed E-state index contributed by atoms with van der Waals surface area (Å²) >= 11 is 0. The van der Waals surface area contributed by atoms with Gasteiger partial charge in [-0.25, -0.2) is 9.18 Å². The molecule has 1 aliphatic rings. The highest BCUT2D eigenvalue weighted by Crippen LogP contribution is 2.28. The minimum Gasteiger partial charge on any atom is -0.478 e. The largest absolute Gasteiger partial charge is 0.478 e. The van der Waals surface area contributed by atoms with Gasteiger partial charge in [0.2, 0.25) is 0 Å². The van der Waals surface area contributed by atoms with E-state index in [1.807, 2.05) is 0 Å². The molecular formula is C14H18FNO3. The van der Waals surface area contributed by atoms with Crippen LogP contribution >= 0.6 is 0 Å². The average Bonchev–Trinajstić information content (AvgIpc) is 3.19.